The van der Waals surface area contributed by atoms with Crippen molar-refractivity contribution in [2.45, 2.75) is 52.6 Å². The summed E-state index contributed by atoms with van der Waals surface area (Å²) in [6.07, 6.45) is 1.87. The fourth-order valence-corrected chi connectivity index (χ4v) is 2.19. The molecule has 0 saturated carbocycles. The highest BCUT2D eigenvalue weighted by atomic mass is 16.5. The third-order valence-electron chi connectivity index (χ3n) is 3.00. The Hall–Kier alpha value is -0.610. The number of hydrogen-bond donors (Lipinski definition) is 1. The molecular weight excluding hydrogens is 228 g/mol. The minimum atomic E-state index is 0.0292. The van der Waals surface area contributed by atoms with Crippen LogP contribution in [-0.4, -0.2) is 49.2 Å². The first-order valence-corrected chi connectivity index (χ1v) is 7.13. The summed E-state index contributed by atoms with van der Waals surface area (Å²) in [6, 6.07) is 0.398. The van der Waals surface area contributed by atoms with Gasteiger partial charge in [-0.3, -0.25) is 4.79 Å². The van der Waals surface area contributed by atoms with Crippen LogP contribution < -0.4 is 5.32 Å². The van der Waals surface area contributed by atoms with E-state index in [0.29, 0.717) is 12.0 Å². The van der Waals surface area contributed by atoms with Crippen molar-refractivity contribution >= 4 is 5.91 Å². The molecule has 0 aromatic carbocycles. The number of nitrogens with one attached hydrogen (secondary N) is 1. The quantitative estimate of drug-likeness (QED) is 0.671. The number of rotatable bonds is 8. The number of ether oxygens (including phenoxy) is 1. The number of likely N-dealkylation sites (tertiary alicyclic amines) is 1. The molecule has 4 nitrogen and oxygen atoms in total. The molecule has 1 atom stereocenters. The van der Waals surface area contributed by atoms with Crippen LogP contribution in [0.15, 0.2) is 0 Å². The maximum atomic E-state index is 12.0. The normalized spacial score (nSPS) is 20.4. The van der Waals surface area contributed by atoms with Gasteiger partial charge in [-0.1, -0.05) is 27.7 Å². The van der Waals surface area contributed by atoms with E-state index in [0.717, 1.165) is 39.1 Å². The molecule has 1 amide bonds. The molecule has 0 aromatic rings. The van der Waals surface area contributed by atoms with Gasteiger partial charge in [-0.2, -0.15) is 0 Å². The Morgan fingerprint density at radius 3 is 2.72 bits per heavy atom. The maximum absolute atomic E-state index is 12.0. The van der Waals surface area contributed by atoms with Crippen LogP contribution in [-0.2, 0) is 9.53 Å². The Bertz CT molecular complexity index is 254. The summed E-state index contributed by atoms with van der Waals surface area (Å²) < 4.78 is 5.53. The van der Waals surface area contributed by atoms with Crippen LogP contribution in [0.5, 0.6) is 0 Å². The van der Waals surface area contributed by atoms with Crippen molar-refractivity contribution in [2.24, 2.45) is 5.92 Å². The van der Waals surface area contributed by atoms with E-state index in [-0.39, 0.29) is 11.9 Å². The lowest BCUT2D eigenvalue weighted by molar-refractivity contribution is -0.129. The molecule has 1 rings (SSSR count). The molecular formula is C14H28N2O2. The first-order chi connectivity index (χ1) is 8.50. The standard InChI is InChI=1S/C14H28N2O2/c1-11(2)10-18-9-5-7-16-8-6-13(14(16)17)15-12(3)4/h11-13,15H,5-10H2,1-4H3. The summed E-state index contributed by atoms with van der Waals surface area (Å²) in [6.45, 7) is 11.7. The summed E-state index contributed by atoms with van der Waals surface area (Å²) in [5.41, 5.74) is 0. The van der Waals surface area contributed by atoms with Gasteiger partial charge in [0.05, 0.1) is 6.04 Å². The summed E-state index contributed by atoms with van der Waals surface area (Å²) in [7, 11) is 0. The fraction of sp³-hybridized carbons (Fsp3) is 0.929. The SMILES string of the molecule is CC(C)COCCCN1CCC(NC(C)C)C1=O. The molecule has 106 valence electrons. The van der Waals surface area contributed by atoms with E-state index in [9.17, 15) is 4.79 Å². The fourth-order valence-electron chi connectivity index (χ4n) is 2.19. The minimum Gasteiger partial charge on any atom is -0.381 e. The number of hydrogen-bond acceptors (Lipinski definition) is 3. The average molecular weight is 256 g/mol. The zero-order valence-corrected chi connectivity index (χ0v) is 12.2. The van der Waals surface area contributed by atoms with E-state index in [1.807, 2.05) is 4.90 Å². The van der Waals surface area contributed by atoms with Gasteiger partial charge in [0, 0.05) is 32.3 Å². The van der Waals surface area contributed by atoms with Crippen molar-refractivity contribution < 1.29 is 9.53 Å². The van der Waals surface area contributed by atoms with Gasteiger partial charge in [0.1, 0.15) is 0 Å². The predicted molar refractivity (Wildman–Crippen MR) is 73.5 cm³/mol. The lowest BCUT2D eigenvalue weighted by atomic mass is 10.2. The highest BCUT2D eigenvalue weighted by molar-refractivity contribution is 5.83. The molecule has 1 N–H and O–H groups in total. The van der Waals surface area contributed by atoms with E-state index < -0.39 is 0 Å². The second-order valence-corrected chi connectivity index (χ2v) is 5.81. The molecule has 0 radical (unpaired) electrons. The van der Waals surface area contributed by atoms with E-state index in [4.69, 9.17) is 4.74 Å². The minimum absolute atomic E-state index is 0.0292. The van der Waals surface area contributed by atoms with Gasteiger partial charge in [0.25, 0.3) is 0 Å². The monoisotopic (exact) mass is 256 g/mol. The van der Waals surface area contributed by atoms with Crippen molar-refractivity contribution in [3.63, 3.8) is 0 Å². The first-order valence-electron chi connectivity index (χ1n) is 7.13. The van der Waals surface area contributed by atoms with Gasteiger partial charge < -0.3 is 15.0 Å². The Morgan fingerprint density at radius 1 is 1.39 bits per heavy atom. The van der Waals surface area contributed by atoms with E-state index in [1.165, 1.54) is 0 Å². The van der Waals surface area contributed by atoms with Crippen molar-refractivity contribution in [1.29, 1.82) is 0 Å². The molecule has 1 saturated heterocycles. The summed E-state index contributed by atoms with van der Waals surface area (Å²) in [5, 5.41) is 3.32. The largest absolute Gasteiger partial charge is 0.381 e. The smallest absolute Gasteiger partial charge is 0.239 e. The lowest BCUT2D eigenvalue weighted by Gasteiger charge is -2.18. The van der Waals surface area contributed by atoms with Gasteiger partial charge in [-0.05, 0) is 18.8 Å². The van der Waals surface area contributed by atoms with E-state index >= 15 is 0 Å². The highest BCUT2D eigenvalue weighted by Gasteiger charge is 2.30. The summed E-state index contributed by atoms with van der Waals surface area (Å²) >= 11 is 0. The van der Waals surface area contributed by atoms with Crippen LogP contribution in [0, 0.1) is 5.92 Å². The summed E-state index contributed by atoms with van der Waals surface area (Å²) in [5.74, 6) is 0.839. The maximum Gasteiger partial charge on any atom is 0.239 e. The first kappa shape index (κ1) is 15.4. The Kier molecular flexibility index (Phi) is 6.65. The molecule has 0 spiro atoms. The van der Waals surface area contributed by atoms with Gasteiger partial charge >= 0.3 is 0 Å². The number of nitrogens with zero attached hydrogens (tertiary/aromatic N) is 1. The van der Waals surface area contributed by atoms with Crippen LogP contribution in [0.4, 0.5) is 0 Å². The highest BCUT2D eigenvalue weighted by Crippen LogP contribution is 2.12. The second-order valence-electron chi connectivity index (χ2n) is 5.81. The molecule has 18 heavy (non-hydrogen) atoms. The molecule has 0 aromatic heterocycles. The third kappa shape index (κ3) is 5.36. The average Bonchev–Trinajstić information content (AvgIpc) is 2.60. The molecule has 0 aliphatic carbocycles. The Labute approximate surface area is 111 Å². The topological polar surface area (TPSA) is 41.6 Å². The molecule has 4 heteroatoms. The zero-order valence-electron chi connectivity index (χ0n) is 12.2. The van der Waals surface area contributed by atoms with Crippen molar-refractivity contribution in [1.82, 2.24) is 10.2 Å². The summed E-state index contributed by atoms with van der Waals surface area (Å²) in [4.78, 5) is 14.0. The van der Waals surface area contributed by atoms with Gasteiger partial charge in [-0.15, -0.1) is 0 Å². The molecule has 1 aliphatic heterocycles. The van der Waals surface area contributed by atoms with Gasteiger partial charge in [0.2, 0.25) is 5.91 Å². The zero-order chi connectivity index (χ0) is 13.5. The molecule has 1 heterocycles. The number of carbonyl (C=O) groups is 1. The van der Waals surface area contributed by atoms with Gasteiger partial charge in [0.15, 0.2) is 0 Å². The Balaban J connectivity index is 2.14. The third-order valence-corrected chi connectivity index (χ3v) is 3.00. The molecule has 1 unspecified atom stereocenters. The van der Waals surface area contributed by atoms with E-state index in [2.05, 4.69) is 33.0 Å². The van der Waals surface area contributed by atoms with Gasteiger partial charge in [-0.25, -0.2) is 0 Å². The molecule has 1 fully saturated rings. The van der Waals surface area contributed by atoms with Crippen LogP contribution in [0.25, 0.3) is 0 Å². The van der Waals surface area contributed by atoms with Crippen molar-refractivity contribution in [3.05, 3.63) is 0 Å². The van der Waals surface area contributed by atoms with Crippen LogP contribution >= 0.6 is 0 Å². The number of amides is 1. The van der Waals surface area contributed by atoms with Crippen molar-refractivity contribution in [2.75, 3.05) is 26.3 Å². The Morgan fingerprint density at radius 2 is 2.11 bits per heavy atom. The van der Waals surface area contributed by atoms with Crippen LogP contribution in [0.3, 0.4) is 0 Å². The van der Waals surface area contributed by atoms with Crippen molar-refractivity contribution in [3.8, 4) is 0 Å². The molecule has 1 aliphatic rings. The van der Waals surface area contributed by atoms with E-state index in [1.54, 1.807) is 0 Å². The van der Waals surface area contributed by atoms with Crippen LogP contribution in [0.2, 0.25) is 0 Å². The predicted octanol–water partition coefficient (Wildman–Crippen LogP) is 1.65. The van der Waals surface area contributed by atoms with Crippen LogP contribution in [0.1, 0.15) is 40.5 Å². The number of carbonyl (C=O) groups excluding carboxylic acids is 1. The second kappa shape index (κ2) is 7.74. The molecule has 0 bridgehead atoms. The lowest BCUT2D eigenvalue weighted by Crippen LogP contribution is -2.41.